The van der Waals surface area contributed by atoms with E-state index in [4.69, 9.17) is 9.47 Å². The first kappa shape index (κ1) is 23.5. The zero-order valence-corrected chi connectivity index (χ0v) is 19.5. The van der Waals surface area contributed by atoms with E-state index in [2.05, 4.69) is 0 Å². The standard InChI is InChI=1S/C27H29FN2O4/c1-19-16-25(18-27(32)29(19)2)34-23-12-14-30(15-13-23)26(31)11-6-20-4-3-5-24(17-20)33-22-9-7-21(28)8-10-22/h3-5,7-10,16-18,23H,6,11-15H2,1-2H3. The molecule has 1 fully saturated rings. The van der Waals surface area contributed by atoms with Gasteiger partial charge in [-0.25, -0.2) is 4.39 Å². The molecular weight excluding hydrogens is 435 g/mol. The predicted molar refractivity (Wildman–Crippen MR) is 128 cm³/mol. The van der Waals surface area contributed by atoms with Gasteiger partial charge in [-0.2, -0.15) is 0 Å². The lowest BCUT2D eigenvalue weighted by Gasteiger charge is -2.32. The fraction of sp³-hybridized carbons (Fsp3) is 0.333. The molecule has 1 amide bonds. The minimum absolute atomic E-state index is 0.00384. The first-order chi connectivity index (χ1) is 16.4. The van der Waals surface area contributed by atoms with E-state index in [-0.39, 0.29) is 23.4 Å². The van der Waals surface area contributed by atoms with Gasteiger partial charge >= 0.3 is 0 Å². The average Bonchev–Trinajstić information content (AvgIpc) is 2.83. The van der Waals surface area contributed by atoms with Crippen LogP contribution in [0.1, 0.15) is 30.5 Å². The number of nitrogens with zero attached hydrogens (tertiary/aromatic N) is 2. The summed E-state index contributed by atoms with van der Waals surface area (Å²) in [6.07, 6.45) is 2.50. The molecule has 3 aromatic rings. The molecule has 0 aliphatic carbocycles. The molecule has 0 bridgehead atoms. The number of carbonyl (C=O) groups excluding carboxylic acids is 1. The lowest BCUT2D eigenvalue weighted by Crippen LogP contribution is -2.42. The Morgan fingerprint density at radius 2 is 1.74 bits per heavy atom. The molecule has 1 saturated heterocycles. The maximum Gasteiger partial charge on any atom is 0.254 e. The van der Waals surface area contributed by atoms with Gasteiger partial charge in [0.25, 0.3) is 5.56 Å². The Morgan fingerprint density at radius 3 is 2.44 bits per heavy atom. The lowest BCUT2D eigenvalue weighted by atomic mass is 10.1. The Hall–Kier alpha value is -3.61. The molecule has 0 N–H and O–H groups in total. The van der Waals surface area contributed by atoms with Gasteiger partial charge in [-0.3, -0.25) is 9.59 Å². The molecule has 178 valence electrons. The van der Waals surface area contributed by atoms with Crippen LogP contribution in [0, 0.1) is 12.7 Å². The van der Waals surface area contributed by atoms with Crippen LogP contribution in [0.15, 0.2) is 65.5 Å². The Bertz CT molecular complexity index is 1200. The minimum atomic E-state index is -0.309. The number of ether oxygens (including phenoxy) is 2. The molecule has 1 aromatic heterocycles. The molecule has 4 rings (SSSR count). The number of likely N-dealkylation sites (tertiary alicyclic amines) is 1. The van der Waals surface area contributed by atoms with E-state index >= 15 is 0 Å². The third-order valence-electron chi connectivity index (χ3n) is 6.15. The summed E-state index contributed by atoms with van der Waals surface area (Å²) in [4.78, 5) is 26.6. The number of piperidine rings is 1. The second kappa shape index (κ2) is 10.5. The van der Waals surface area contributed by atoms with Crippen molar-refractivity contribution in [3.8, 4) is 17.2 Å². The molecular formula is C27H29FN2O4. The van der Waals surface area contributed by atoms with Crippen LogP contribution in [0.4, 0.5) is 4.39 Å². The van der Waals surface area contributed by atoms with Gasteiger partial charge in [0.05, 0.1) is 0 Å². The smallest absolute Gasteiger partial charge is 0.254 e. The topological polar surface area (TPSA) is 60.8 Å². The monoisotopic (exact) mass is 464 g/mol. The van der Waals surface area contributed by atoms with E-state index in [0.29, 0.717) is 43.2 Å². The summed E-state index contributed by atoms with van der Waals surface area (Å²) in [5, 5.41) is 0. The van der Waals surface area contributed by atoms with Gasteiger partial charge in [0.1, 0.15) is 29.2 Å². The molecule has 7 heteroatoms. The number of pyridine rings is 1. The predicted octanol–water partition coefficient (Wildman–Crippen LogP) is 4.63. The molecule has 0 unspecified atom stereocenters. The first-order valence-corrected chi connectivity index (χ1v) is 11.5. The summed E-state index contributed by atoms with van der Waals surface area (Å²) < 4.78 is 26.4. The Balaban J connectivity index is 1.25. The number of aryl methyl sites for hydroxylation is 2. The molecule has 0 radical (unpaired) electrons. The molecule has 0 saturated carbocycles. The van der Waals surface area contributed by atoms with Crippen LogP contribution < -0.4 is 15.0 Å². The number of rotatable bonds is 7. The second-order valence-corrected chi connectivity index (χ2v) is 8.63. The van der Waals surface area contributed by atoms with Crippen LogP contribution in [0.25, 0.3) is 0 Å². The summed E-state index contributed by atoms with van der Waals surface area (Å²) >= 11 is 0. The van der Waals surface area contributed by atoms with Crippen molar-refractivity contribution in [3.05, 3.63) is 88.1 Å². The van der Waals surface area contributed by atoms with Crippen molar-refractivity contribution in [3.63, 3.8) is 0 Å². The quantitative estimate of drug-likeness (QED) is 0.512. The third-order valence-corrected chi connectivity index (χ3v) is 6.15. The summed E-state index contributed by atoms with van der Waals surface area (Å²) in [7, 11) is 1.74. The SMILES string of the molecule is Cc1cc(OC2CCN(C(=O)CCc3cccc(Oc4ccc(F)cc4)c3)CC2)cc(=O)n1C. The van der Waals surface area contributed by atoms with Gasteiger partial charge < -0.3 is 18.9 Å². The van der Waals surface area contributed by atoms with Crippen molar-refractivity contribution in [1.29, 1.82) is 0 Å². The highest BCUT2D eigenvalue weighted by Crippen LogP contribution is 2.24. The normalized spacial score (nSPS) is 14.1. The minimum Gasteiger partial charge on any atom is -0.490 e. The highest BCUT2D eigenvalue weighted by atomic mass is 19.1. The molecule has 0 spiro atoms. The molecule has 1 aliphatic rings. The van der Waals surface area contributed by atoms with Gasteiger partial charge in [-0.1, -0.05) is 12.1 Å². The summed E-state index contributed by atoms with van der Waals surface area (Å²) in [6.45, 7) is 3.15. The Morgan fingerprint density at radius 1 is 1.00 bits per heavy atom. The number of benzene rings is 2. The number of carbonyl (C=O) groups is 1. The van der Waals surface area contributed by atoms with Crippen molar-refractivity contribution in [2.45, 2.75) is 38.7 Å². The molecule has 2 aromatic carbocycles. The highest BCUT2D eigenvalue weighted by molar-refractivity contribution is 5.76. The molecule has 6 nitrogen and oxygen atoms in total. The third kappa shape index (κ3) is 6.04. The van der Waals surface area contributed by atoms with Crippen molar-refractivity contribution < 1.29 is 18.7 Å². The number of hydrogen-bond donors (Lipinski definition) is 0. The Labute approximate surface area is 198 Å². The highest BCUT2D eigenvalue weighted by Gasteiger charge is 2.24. The van der Waals surface area contributed by atoms with E-state index < -0.39 is 0 Å². The number of aromatic nitrogens is 1. The average molecular weight is 465 g/mol. The van der Waals surface area contributed by atoms with E-state index in [9.17, 15) is 14.0 Å². The van der Waals surface area contributed by atoms with Crippen LogP contribution >= 0.6 is 0 Å². The van der Waals surface area contributed by atoms with Crippen LogP contribution in [0.5, 0.6) is 17.2 Å². The number of amides is 1. The van der Waals surface area contributed by atoms with Crippen LogP contribution in [0.2, 0.25) is 0 Å². The first-order valence-electron chi connectivity index (χ1n) is 11.5. The summed E-state index contributed by atoms with van der Waals surface area (Å²) in [5.41, 5.74) is 1.77. The van der Waals surface area contributed by atoms with Crippen LogP contribution in [-0.2, 0) is 18.3 Å². The second-order valence-electron chi connectivity index (χ2n) is 8.63. The molecule has 0 atom stereocenters. The van der Waals surface area contributed by atoms with Crippen molar-refractivity contribution in [1.82, 2.24) is 9.47 Å². The largest absolute Gasteiger partial charge is 0.490 e. The number of hydrogen-bond acceptors (Lipinski definition) is 4. The van der Waals surface area contributed by atoms with E-state index in [1.54, 1.807) is 23.7 Å². The summed E-state index contributed by atoms with van der Waals surface area (Å²) in [6, 6.07) is 16.9. The van der Waals surface area contributed by atoms with Gasteiger partial charge in [0.2, 0.25) is 5.91 Å². The maximum atomic E-state index is 13.1. The fourth-order valence-corrected chi connectivity index (χ4v) is 4.03. The summed E-state index contributed by atoms with van der Waals surface area (Å²) in [5.74, 6) is 1.61. The zero-order chi connectivity index (χ0) is 24.1. The lowest BCUT2D eigenvalue weighted by molar-refractivity contribution is -0.132. The van der Waals surface area contributed by atoms with Gasteiger partial charge in [0, 0.05) is 51.2 Å². The van der Waals surface area contributed by atoms with E-state index in [0.717, 1.165) is 24.1 Å². The van der Waals surface area contributed by atoms with E-state index in [1.807, 2.05) is 42.2 Å². The van der Waals surface area contributed by atoms with Gasteiger partial charge in [-0.15, -0.1) is 0 Å². The van der Waals surface area contributed by atoms with Crippen molar-refractivity contribution >= 4 is 5.91 Å². The molecule has 1 aliphatic heterocycles. The molecule has 34 heavy (non-hydrogen) atoms. The van der Waals surface area contributed by atoms with Gasteiger partial charge in [-0.05, 0) is 61.4 Å². The van der Waals surface area contributed by atoms with Gasteiger partial charge in [0.15, 0.2) is 0 Å². The fourth-order valence-electron chi connectivity index (χ4n) is 4.03. The van der Waals surface area contributed by atoms with Crippen molar-refractivity contribution in [2.75, 3.05) is 13.1 Å². The van der Waals surface area contributed by atoms with Crippen LogP contribution in [-0.4, -0.2) is 34.6 Å². The van der Waals surface area contributed by atoms with Crippen molar-refractivity contribution in [2.24, 2.45) is 7.05 Å². The van der Waals surface area contributed by atoms with E-state index in [1.165, 1.54) is 18.2 Å². The maximum absolute atomic E-state index is 13.1. The zero-order valence-electron chi connectivity index (χ0n) is 19.5. The van der Waals surface area contributed by atoms with Crippen LogP contribution in [0.3, 0.4) is 0 Å². The number of halogens is 1. The Kier molecular flexibility index (Phi) is 7.30. The molecule has 2 heterocycles.